The van der Waals surface area contributed by atoms with E-state index in [2.05, 4.69) is 0 Å². The number of carbonyl (C=O) groups is 2. The Labute approximate surface area is 89.4 Å². The lowest BCUT2D eigenvalue weighted by Crippen LogP contribution is -2.26. The van der Waals surface area contributed by atoms with Crippen LogP contribution in [0, 0.1) is 11.8 Å². The highest BCUT2D eigenvalue weighted by atomic mass is 32.2. The molecule has 4 heteroatoms. The van der Waals surface area contributed by atoms with E-state index in [-0.39, 0.29) is 28.9 Å². The minimum atomic E-state index is -0.103. The third kappa shape index (κ3) is 2.29. The van der Waals surface area contributed by atoms with Gasteiger partial charge in [0.25, 0.3) is 0 Å². The number of imide groups is 1. The number of rotatable bonds is 3. The second kappa shape index (κ2) is 4.34. The van der Waals surface area contributed by atoms with Crippen molar-refractivity contribution >= 4 is 23.8 Å². The van der Waals surface area contributed by atoms with Gasteiger partial charge in [-0.05, 0) is 17.9 Å². The lowest BCUT2D eigenvalue weighted by atomic mass is 9.95. The third-order valence-electron chi connectivity index (χ3n) is 2.26. The molecular weight excluding hydrogens is 198 g/mol. The molecule has 2 amide bonds. The van der Waals surface area contributed by atoms with Gasteiger partial charge in [0.2, 0.25) is 11.8 Å². The van der Waals surface area contributed by atoms with Crippen molar-refractivity contribution in [1.29, 1.82) is 0 Å². The number of nitrogens with zero attached hydrogens (tertiary/aromatic N) is 1. The zero-order valence-electron chi connectivity index (χ0n) is 9.11. The van der Waals surface area contributed by atoms with E-state index >= 15 is 0 Å². The van der Waals surface area contributed by atoms with Crippen molar-refractivity contribution in [2.45, 2.75) is 39.4 Å². The molecule has 0 radical (unpaired) electrons. The molecule has 1 heterocycles. The monoisotopic (exact) mass is 215 g/mol. The van der Waals surface area contributed by atoms with Gasteiger partial charge in [-0.1, -0.05) is 27.7 Å². The number of carbonyl (C=O) groups excluding carboxylic acids is 2. The Bertz CT molecular complexity index is 251. The van der Waals surface area contributed by atoms with Crippen molar-refractivity contribution in [2.24, 2.45) is 11.8 Å². The van der Waals surface area contributed by atoms with E-state index in [1.54, 1.807) is 0 Å². The van der Waals surface area contributed by atoms with E-state index in [0.717, 1.165) is 0 Å². The van der Waals surface area contributed by atoms with Gasteiger partial charge in [0.15, 0.2) is 0 Å². The van der Waals surface area contributed by atoms with E-state index in [0.29, 0.717) is 6.42 Å². The van der Waals surface area contributed by atoms with Crippen molar-refractivity contribution < 1.29 is 9.59 Å². The summed E-state index contributed by atoms with van der Waals surface area (Å²) in [4.78, 5) is 23.3. The average molecular weight is 215 g/mol. The third-order valence-corrected chi connectivity index (χ3v) is 3.28. The maximum absolute atomic E-state index is 11.8. The molecule has 0 bridgehead atoms. The van der Waals surface area contributed by atoms with E-state index in [1.807, 2.05) is 27.7 Å². The van der Waals surface area contributed by atoms with E-state index in [1.165, 1.54) is 16.3 Å². The highest BCUT2D eigenvalue weighted by molar-refractivity contribution is 7.98. The molecule has 3 nitrogen and oxygen atoms in total. The molecule has 1 atom stereocenters. The van der Waals surface area contributed by atoms with Crippen LogP contribution in [0.2, 0.25) is 0 Å². The molecule has 0 spiro atoms. The van der Waals surface area contributed by atoms with Crippen molar-refractivity contribution in [2.75, 3.05) is 0 Å². The van der Waals surface area contributed by atoms with E-state index < -0.39 is 0 Å². The van der Waals surface area contributed by atoms with Crippen LogP contribution < -0.4 is 0 Å². The first-order valence-electron chi connectivity index (χ1n) is 4.97. The Hall–Kier alpha value is -0.510. The molecule has 1 saturated heterocycles. The summed E-state index contributed by atoms with van der Waals surface area (Å²) in [6, 6.07) is 0. The molecule has 0 aliphatic carbocycles. The predicted octanol–water partition coefficient (Wildman–Crippen LogP) is 2.07. The van der Waals surface area contributed by atoms with Gasteiger partial charge in [-0.2, -0.15) is 0 Å². The van der Waals surface area contributed by atoms with Crippen LogP contribution in [0.3, 0.4) is 0 Å². The van der Waals surface area contributed by atoms with Gasteiger partial charge in [0, 0.05) is 11.7 Å². The fourth-order valence-corrected chi connectivity index (χ4v) is 2.33. The highest BCUT2D eigenvalue weighted by Crippen LogP contribution is 2.32. The maximum Gasteiger partial charge on any atom is 0.243 e. The number of hydrogen-bond acceptors (Lipinski definition) is 3. The average Bonchev–Trinajstić information content (AvgIpc) is 2.31. The van der Waals surface area contributed by atoms with E-state index in [9.17, 15) is 9.59 Å². The molecule has 0 N–H and O–H groups in total. The predicted molar refractivity (Wildman–Crippen MR) is 57.5 cm³/mol. The Morgan fingerprint density at radius 3 is 2.21 bits per heavy atom. The summed E-state index contributed by atoms with van der Waals surface area (Å²) in [6.07, 6.45) is 0.385. The van der Waals surface area contributed by atoms with Crippen LogP contribution in [0.1, 0.15) is 34.1 Å². The first kappa shape index (κ1) is 11.6. The van der Waals surface area contributed by atoms with Gasteiger partial charge >= 0.3 is 0 Å². The van der Waals surface area contributed by atoms with Crippen LogP contribution in [0.4, 0.5) is 0 Å². The Morgan fingerprint density at radius 1 is 1.29 bits per heavy atom. The quantitative estimate of drug-likeness (QED) is 0.534. The van der Waals surface area contributed by atoms with Crippen molar-refractivity contribution in [3.05, 3.63) is 0 Å². The van der Waals surface area contributed by atoms with Crippen molar-refractivity contribution in [3.63, 3.8) is 0 Å². The van der Waals surface area contributed by atoms with Gasteiger partial charge in [0.05, 0.1) is 5.92 Å². The molecular formula is C10H17NO2S. The lowest BCUT2D eigenvalue weighted by molar-refractivity contribution is -0.133. The molecule has 1 rings (SSSR count). The summed E-state index contributed by atoms with van der Waals surface area (Å²) < 4.78 is 1.34. The smallest absolute Gasteiger partial charge is 0.243 e. The van der Waals surface area contributed by atoms with Gasteiger partial charge < -0.3 is 0 Å². The zero-order chi connectivity index (χ0) is 10.9. The number of amides is 2. The molecule has 0 aromatic rings. The SMILES string of the molecule is CC(C)SN1C(=O)CC(C(C)C)C1=O. The minimum absolute atomic E-state index is 0.0105. The van der Waals surface area contributed by atoms with Gasteiger partial charge in [-0.3, -0.25) is 9.59 Å². The van der Waals surface area contributed by atoms with Gasteiger partial charge in [0.1, 0.15) is 0 Å². The second-order valence-corrected chi connectivity index (χ2v) is 5.75. The summed E-state index contributed by atoms with van der Waals surface area (Å²) in [5.41, 5.74) is 0. The Morgan fingerprint density at radius 2 is 1.86 bits per heavy atom. The number of hydrogen-bond donors (Lipinski definition) is 0. The van der Waals surface area contributed by atoms with Crippen LogP contribution in [0.25, 0.3) is 0 Å². The molecule has 0 saturated carbocycles. The molecule has 1 fully saturated rings. The molecule has 14 heavy (non-hydrogen) atoms. The minimum Gasteiger partial charge on any atom is -0.273 e. The van der Waals surface area contributed by atoms with Gasteiger partial charge in [-0.15, -0.1) is 0 Å². The van der Waals surface area contributed by atoms with Crippen LogP contribution in [-0.4, -0.2) is 21.4 Å². The van der Waals surface area contributed by atoms with Crippen LogP contribution in [0.15, 0.2) is 0 Å². The van der Waals surface area contributed by atoms with Crippen molar-refractivity contribution in [1.82, 2.24) is 4.31 Å². The fraction of sp³-hybridized carbons (Fsp3) is 0.800. The van der Waals surface area contributed by atoms with Gasteiger partial charge in [-0.25, -0.2) is 4.31 Å². The molecule has 80 valence electrons. The summed E-state index contributed by atoms with van der Waals surface area (Å²) in [5.74, 6) is 0.106. The molecule has 0 aromatic heterocycles. The normalized spacial score (nSPS) is 23.0. The Kier molecular flexibility index (Phi) is 3.59. The topological polar surface area (TPSA) is 37.4 Å². The maximum atomic E-state index is 11.8. The molecule has 1 aliphatic rings. The summed E-state index contributed by atoms with van der Waals surface area (Å²) in [6.45, 7) is 7.93. The molecule has 0 aromatic carbocycles. The largest absolute Gasteiger partial charge is 0.273 e. The standard InChI is InChI=1S/C10H17NO2S/c1-6(2)8-5-9(12)11(10(8)13)14-7(3)4/h6-8H,5H2,1-4H3. The summed E-state index contributed by atoms with van der Waals surface area (Å²) in [5, 5.41) is 0.272. The first-order valence-corrected chi connectivity index (χ1v) is 5.80. The molecule has 1 unspecified atom stereocenters. The molecule has 1 aliphatic heterocycles. The lowest BCUT2D eigenvalue weighted by Gasteiger charge is -2.16. The Balaban J connectivity index is 2.70. The van der Waals surface area contributed by atoms with E-state index in [4.69, 9.17) is 0 Å². The zero-order valence-corrected chi connectivity index (χ0v) is 9.93. The second-order valence-electron chi connectivity index (χ2n) is 4.24. The summed E-state index contributed by atoms with van der Waals surface area (Å²) in [7, 11) is 0. The first-order chi connectivity index (χ1) is 6.43. The summed E-state index contributed by atoms with van der Waals surface area (Å²) >= 11 is 1.33. The van der Waals surface area contributed by atoms with Crippen LogP contribution >= 0.6 is 11.9 Å². The fourth-order valence-electron chi connectivity index (χ4n) is 1.47. The van der Waals surface area contributed by atoms with Crippen LogP contribution in [-0.2, 0) is 9.59 Å². The van der Waals surface area contributed by atoms with Crippen molar-refractivity contribution in [3.8, 4) is 0 Å². The highest BCUT2D eigenvalue weighted by Gasteiger charge is 2.40. The van der Waals surface area contributed by atoms with Crippen LogP contribution in [0.5, 0.6) is 0 Å².